The molecule has 4 atom stereocenters. The number of halogens is 2. The molecule has 3 aliphatic rings. The minimum atomic E-state index is -2.74. The van der Waals surface area contributed by atoms with Gasteiger partial charge in [-0.3, -0.25) is 0 Å². The van der Waals surface area contributed by atoms with Crippen LogP contribution in [0.25, 0.3) is 22.4 Å². The van der Waals surface area contributed by atoms with E-state index in [2.05, 4.69) is 25.5 Å². The lowest BCUT2D eigenvalue weighted by atomic mass is 9.82. The summed E-state index contributed by atoms with van der Waals surface area (Å²) in [7, 11) is -2.74. The number of nitrogens with one attached hydrogen (secondary N) is 1. The Morgan fingerprint density at radius 1 is 1.11 bits per heavy atom. The number of anilines is 1. The molecule has 3 fully saturated rings. The van der Waals surface area contributed by atoms with Crippen LogP contribution >= 0.6 is 0 Å². The normalized spacial score (nSPS) is 27.0. The molecular formula is C26H28F2N6O2. The number of alkyl halides is 1. The van der Waals surface area contributed by atoms with E-state index in [0.717, 1.165) is 44.4 Å². The van der Waals surface area contributed by atoms with Crippen molar-refractivity contribution in [1.82, 2.24) is 25.5 Å². The number of methoxy groups -OCH3 is 1. The van der Waals surface area contributed by atoms with E-state index in [9.17, 15) is 9.50 Å². The maximum Gasteiger partial charge on any atom is 0.245 e. The molecule has 2 aliphatic heterocycles. The highest BCUT2D eigenvalue weighted by molar-refractivity contribution is 5.74. The number of ether oxygens (including phenoxy) is 1. The molecule has 0 unspecified atom stereocenters. The van der Waals surface area contributed by atoms with E-state index in [1.165, 1.54) is 12.3 Å². The van der Waals surface area contributed by atoms with E-state index in [1.54, 1.807) is 12.1 Å². The van der Waals surface area contributed by atoms with Crippen molar-refractivity contribution >= 4 is 5.95 Å². The third-order valence-corrected chi connectivity index (χ3v) is 7.39. The summed E-state index contributed by atoms with van der Waals surface area (Å²) in [5.41, 5.74) is 0.934. The number of phenols is 1. The predicted molar refractivity (Wildman–Crippen MR) is 130 cm³/mol. The number of hydrogen-bond donors (Lipinski definition) is 2. The molecule has 0 spiro atoms. The van der Waals surface area contributed by atoms with Crippen molar-refractivity contribution in [2.75, 3.05) is 11.9 Å². The van der Waals surface area contributed by atoms with Gasteiger partial charge in [-0.1, -0.05) is 12.5 Å². The summed E-state index contributed by atoms with van der Waals surface area (Å²) in [6.45, 7) is 0. The van der Waals surface area contributed by atoms with Gasteiger partial charge in [0, 0.05) is 35.3 Å². The Balaban J connectivity index is 1.24. The molecule has 3 aromatic rings. The summed E-state index contributed by atoms with van der Waals surface area (Å²) in [6, 6.07) is 5.64. The van der Waals surface area contributed by atoms with E-state index in [1.807, 2.05) is 4.90 Å². The van der Waals surface area contributed by atoms with Crippen molar-refractivity contribution in [1.29, 1.82) is 0 Å². The lowest BCUT2D eigenvalue weighted by Crippen LogP contribution is -2.62. The van der Waals surface area contributed by atoms with Crippen LogP contribution in [-0.2, 0) is 0 Å². The number of hydrogen-bond acceptors (Lipinski definition) is 8. The molecular weight excluding hydrogens is 466 g/mol. The van der Waals surface area contributed by atoms with Crippen LogP contribution in [0.1, 0.15) is 42.6 Å². The highest BCUT2D eigenvalue weighted by Gasteiger charge is 2.47. The van der Waals surface area contributed by atoms with Crippen LogP contribution < -0.4 is 15.0 Å². The first kappa shape index (κ1) is 19.7. The fourth-order valence-corrected chi connectivity index (χ4v) is 5.51. The molecule has 188 valence electrons. The minimum Gasteiger partial charge on any atom is -0.507 e. The molecule has 1 aliphatic carbocycles. The number of aromatic nitrogens is 4. The Morgan fingerprint density at radius 3 is 2.75 bits per heavy atom. The van der Waals surface area contributed by atoms with Gasteiger partial charge in [-0.15, -0.1) is 10.2 Å². The third kappa shape index (κ3) is 4.23. The topological polar surface area (TPSA) is 96.3 Å². The zero-order valence-electron chi connectivity index (χ0n) is 22.4. The van der Waals surface area contributed by atoms with Crippen LogP contribution in [0.5, 0.6) is 11.6 Å². The van der Waals surface area contributed by atoms with Crippen molar-refractivity contribution in [2.24, 2.45) is 0 Å². The van der Waals surface area contributed by atoms with Gasteiger partial charge in [0.25, 0.3) is 0 Å². The average Bonchev–Trinajstić information content (AvgIpc) is 3.73. The van der Waals surface area contributed by atoms with E-state index in [-0.39, 0.29) is 40.9 Å². The molecule has 8 nitrogen and oxygen atoms in total. The van der Waals surface area contributed by atoms with Crippen LogP contribution in [0.3, 0.4) is 0 Å². The summed E-state index contributed by atoms with van der Waals surface area (Å²) in [5.74, 6) is -0.793. The summed E-state index contributed by atoms with van der Waals surface area (Å²) in [4.78, 5) is 10.2. The quantitative estimate of drug-likeness (QED) is 0.527. The Labute approximate surface area is 212 Å². The van der Waals surface area contributed by atoms with Crippen LogP contribution in [-0.4, -0.2) is 62.6 Å². The second-order valence-electron chi connectivity index (χ2n) is 9.77. The van der Waals surface area contributed by atoms with Crippen molar-refractivity contribution in [3.05, 3.63) is 42.5 Å². The number of pyridine rings is 1. The molecule has 1 aromatic carbocycles. The number of benzene rings is 1. The van der Waals surface area contributed by atoms with Gasteiger partial charge in [-0.2, -0.15) is 0 Å². The van der Waals surface area contributed by atoms with Crippen LogP contribution in [0.15, 0.2) is 36.7 Å². The molecule has 6 rings (SSSR count). The SMILES string of the molecule is [2H]C([2H])([2H])Oc1cc(-c2ccc(-c3cnc(N(C4CC4)[C@@H]4C[C@@H]5CCC[C@H](N5)[C@@H]4F)nn3)c(O)c2)c(F)cn1. The summed E-state index contributed by atoms with van der Waals surface area (Å²) < 4.78 is 56.4. The third-order valence-electron chi connectivity index (χ3n) is 7.39. The fraction of sp³-hybridized carbons (Fsp3) is 0.462. The van der Waals surface area contributed by atoms with Crippen molar-refractivity contribution < 1.29 is 22.7 Å². The average molecular weight is 498 g/mol. The first-order valence-corrected chi connectivity index (χ1v) is 12.2. The van der Waals surface area contributed by atoms with E-state index < -0.39 is 19.0 Å². The largest absolute Gasteiger partial charge is 0.507 e. The minimum absolute atomic E-state index is 0.0123. The van der Waals surface area contributed by atoms with E-state index in [4.69, 9.17) is 8.85 Å². The van der Waals surface area contributed by atoms with Crippen molar-refractivity contribution in [3.8, 4) is 34.0 Å². The molecule has 36 heavy (non-hydrogen) atoms. The molecule has 2 N–H and O–H groups in total. The van der Waals surface area contributed by atoms with Crippen LogP contribution in [0, 0.1) is 5.82 Å². The first-order chi connectivity index (χ1) is 18.7. The molecule has 2 saturated heterocycles. The van der Waals surface area contributed by atoms with Crippen LogP contribution in [0.2, 0.25) is 0 Å². The van der Waals surface area contributed by atoms with Gasteiger partial charge < -0.3 is 20.1 Å². The Morgan fingerprint density at radius 2 is 2.00 bits per heavy atom. The van der Waals surface area contributed by atoms with Gasteiger partial charge in [0.2, 0.25) is 11.8 Å². The van der Waals surface area contributed by atoms with Gasteiger partial charge >= 0.3 is 0 Å². The highest BCUT2D eigenvalue weighted by Crippen LogP contribution is 2.39. The first-order valence-electron chi connectivity index (χ1n) is 13.7. The Bertz CT molecular complexity index is 1360. The second kappa shape index (κ2) is 9.24. The number of phenolic OH excluding ortho intramolecular Hbond substituents is 1. The van der Waals surface area contributed by atoms with Crippen molar-refractivity contribution in [3.63, 3.8) is 0 Å². The predicted octanol–water partition coefficient (Wildman–Crippen LogP) is 4.04. The number of aromatic hydroxyl groups is 1. The zero-order chi connectivity index (χ0) is 27.3. The van der Waals surface area contributed by atoms with Gasteiger partial charge in [0.1, 0.15) is 23.4 Å². The van der Waals surface area contributed by atoms with Crippen LogP contribution in [0.4, 0.5) is 14.7 Å². The summed E-state index contributed by atoms with van der Waals surface area (Å²) in [5, 5.41) is 22.8. The molecule has 0 radical (unpaired) electrons. The lowest BCUT2D eigenvalue weighted by molar-refractivity contribution is 0.103. The van der Waals surface area contributed by atoms with Gasteiger partial charge in [-0.05, 0) is 49.8 Å². The molecule has 10 heteroatoms. The zero-order valence-corrected chi connectivity index (χ0v) is 19.4. The second-order valence-corrected chi connectivity index (χ2v) is 9.77. The standard InChI is InChI=1S/C26H28F2N6O2/c1-36-24-11-18(19(27)12-29-24)14-5-8-17(23(35)9-14)21-13-30-26(33-32-21)34(16-6-7-16)22-10-15-3-2-4-20(31-15)25(22)28/h5,8-9,11-13,15-16,20,22,25,31,35H,2-4,6-7,10H2,1H3/t15-,20-,22+,25-/m0/s1/i1D3. The summed E-state index contributed by atoms with van der Waals surface area (Å²) in [6.07, 6.45) is 6.88. The van der Waals surface area contributed by atoms with Crippen molar-refractivity contribution in [2.45, 2.75) is 68.9 Å². The lowest BCUT2D eigenvalue weighted by Gasteiger charge is -2.46. The fourth-order valence-electron chi connectivity index (χ4n) is 5.51. The molecule has 0 amide bonds. The maximum absolute atomic E-state index is 15.5. The van der Waals surface area contributed by atoms with Gasteiger partial charge in [0.15, 0.2) is 0 Å². The Hall–Kier alpha value is -3.40. The molecule has 4 heterocycles. The monoisotopic (exact) mass is 497 g/mol. The number of fused-ring (bicyclic) bond motifs is 2. The number of nitrogens with zero attached hydrogens (tertiary/aromatic N) is 5. The smallest absolute Gasteiger partial charge is 0.245 e. The highest BCUT2D eigenvalue weighted by atomic mass is 19.1. The van der Waals surface area contributed by atoms with Gasteiger partial charge in [-0.25, -0.2) is 18.7 Å². The number of piperidine rings is 2. The van der Waals surface area contributed by atoms with E-state index in [0.29, 0.717) is 29.7 Å². The van der Waals surface area contributed by atoms with E-state index >= 15 is 4.39 Å². The van der Waals surface area contributed by atoms with Gasteiger partial charge in [0.05, 0.1) is 29.6 Å². The maximum atomic E-state index is 15.5. The number of rotatable bonds is 6. The molecule has 2 bridgehead atoms. The Kier molecular flexibility index (Phi) is 5.07. The molecule has 2 aromatic heterocycles. The summed E-state index contributed by atoms with van der Waals surface area (Å²) >= 11 is 0. The molecule has 1 saturated carbocycles.